The highest BCUT2D eigenvalue weighted by molar-refractivity contribution is 14.1. The maximum absolute atomic E-state index is 2.68. The van der Waals surface area contributed by atoms with Gasteiger partial charge in [-0.3, -0.25) is 0 Å². The molecular weight excluding hydrogens is 319 g/mol. The van der Waals surface area contributed by atoms with Crippen LogP contribution >= 0.6 is 22.6 Å². The van der Waals surface area contributed by atoms with Crippen LogP contribution in [0.3, 0.4) is 0 Å². The zero-order valence-corrected chi connectivity index (χ0v) is 13.7. The Kier molecular flexibility index (Phi) is 11.0. The minimum atomic E-state index is 0.959. The van der Waals surface area contributed by atoms with Crippen LogP contribution in [0.5, 0.6) is 0 Å². The number of hydrogen-bond acceptors (Lipinski definition) is 0. The van der Waals surface area contributed by atoms with E-state index in [9.17, 15) is 0 Å². The Labute approximate surface area is 122 Å². The minimum absolute atomic E-state index is 0.959. The van der Waals surface area contributed by atoms with E-state index in [2.05, 4.69) is 22.6 Å². The van der Waals surface area contributed by atoms with Gasteiger partial charge in [0.25, 0.3) is 0 Å². The van der Waals surface area contributed by atoms with Crippen LogP contribution in [0, 0.1) is 0 Å². The van der Waals surface area contributed by atoms with Crippen molar-refractivity contribution < 1.29 is 0 Å². The van der Waals surface area contributed by atoms with E-state index in [0.29, 0.717) is 0 Å². The second-order valence-corrected chi connectivity index (χ2v) is 7.53. The molecule has 1 saturated carbocycles. The highest BCUT2D eigenvalue weighted by Gasteiger charge is 2.04. The lowest BCUT2D eigenvalue weighted by Gasteiger charge is -2.10. The standard InChI is InChI=1S/C16H31I/c17-16-14-12-10-8-6-4-2-1-3-5-7-9-11-13-15-16/h16H,1-15H2. The number of alkyl halides is 1. The third kappa shape index (κ3) is 10.3. The van der Waals surface area contributed by atoms with Crippen molar-refractivity contribution >= 4 is 22.6 Å². The Morgan fingerprint density at radius 1 is 0.412 bits per heavy atom. The largest absolute Gasteiger partial charge is 0.0826 e. The summed E-state index contributed by atoms with van der Waals surface area (Å²) in [7, 11) is 0. The molecule has 0 heterocycles. The van der Waals surface area contributed by atoms with Gasteiger partial charge in [0.05, 0.1) is 0 Å². The van der Waals surface area contributed by atoms with Crippen molar-refractivity contribution in [1.82, 2.24) is 0 Å². The summed E-state index contributed by atoms with van der Waals surface area (Å²) in [4.78, 5) is 0. The molecule has 1 fully saturated rings. The van der Waals surface area contributed by atoms with Gasteiger partial charge in [-0.25, -0.2) is 0 Å². The fourth-order valence-electron chi connectivity index (χ4n) is 2.82. The molecule has 0 aromatic carbocycles. The van der Waals surface area contributed by atoms with E-state index in [1.807, 2.05) is 0 Å². The average molecular weight is 350 g/mol. The summed E-state index contributed by atoms with van der Waals surface area (Å²) in [5.41, 5.74) is 0. The van der Waals surface area contributed by atoms with Gasteiger partial charge in [-0.1, -0.05) is 106 Å². The Balaban J connectivity index is 2.09. The Hall–Kier alpha value is 0.730. The van der Waals surface area contributed by atoms with Gasteiger partial charge in [0, 0.05) is 3.92 Å². The number of halogens is 1. The van der Waals surface area contributed by atoms with Crippen molar-refractivity contribution in [2.45, 2.75) is 100 Å². The first-order chi connectivity index (χ1) is 8.39. The minimum Gasteiger partial charge on any atom is -0.0826 e. The van der Waals surface area contributed by atoms with Crippen LogP contribution in [0.25, 0.3) is 0 Å². The predicted molar refractivity (Wildman–Crippen MR) is 87.1 cm³/mol. The molecule has 1 rings (SSSR count). The first kappa shape index (κ1) is 15.8. The van der Waals surface area contributed by atoms with Gasteiger partial charge in [-0.2, -0.15) is 0 Å². The van der Waals surface area contributed by atoms with Gasteiger partial charge in [0.2, 0.25) is 0 Å². The zero-order chi connectivity index (χ0) is 12.2. The zero-order valence-electron chi connectivity index (χ0n) is 11.6. The smallest absolute Gasteiger partial charge is 0.0110 e. The molecule has 0 N–H and O–H groups in total. The van der Waals surface area contributed by atoms with Crippen LogP contribution < -0.4 is 0 Å². The number of hydrogen-bond donors (Lipinski definition) is 0. The molecule has 0 aromatic heterocycles. The average Bonchev–Trinajstić information content (AvgIpc) is 2.32. The first-order valence-electron chi connectivity index (χ1n) is 8.03. The lowest BCUT2D eigenvalue weighted by atomic mass is 10.0. The summed E-state index contributed by atoms with van der Waals surface area (Å²) in [6.07, 6.45) is 22.3. The van der Waals surface area contributed by atoms with Crippen molar-refractivity contribution in [1.29, 1.82) is 0 Å². The fourth-order valence-corrected chi connectivity index (χ4v) is 3.70. The van der Waals surface area contributed by atoms with E-state index in [-0.39, 0.29) is 0 Å². The molecule has 0 bridgehead atoms. The molecule has 0 atom stereocenters. The molecule has 17 heavy (non-hydrogen) atoms. The van der Waals surface area contributed by atoms with E-state index >= 15 is 0 Å². The lowest BCUT2D eigenvalue weighted by molar-refractivity contribution is 0.512. The van der Waals surface area contributed by atoms with Gasteiger partial charge < -0.3 is 0 Å². The predicted octanol–water partition coefficient (Wildman–Crippen LogP) is 6.66. The highest BCUT2D eigenvalue weighted by Crippen LogP contribution is 2.20. The van der Waals surface area contributed by atoms with Crippen molar-refractivity contribution in [3.8, 4) is 0 Å². The SMILES string of the molecule is IC1CCCCCCCCCCCCCCC1. The van der Waals surface area contributed by atoms with Crippen molar-refractivity contribution in [3.63, 3.8) is 0 Å². The van der Waals surface area contributed by atoms with Crippen LogP contribution in [0.2, 0.25) is 0 Å². The molecule has 0 saturated heterocycles. The van der Waals surface area contributed by atoms with Gasteiger partial charge in [-0.15, -0.1) is 0 Å². The maximum atomic E-state index is 2.68. The van der Waals surface area contributed by atoms with Crippen LogP contribution in [-0.4, -0.2) is 3.92 Å². The summed E-state index contributed by atoms with van der Waals surface area (Å²) in [6.45, 7) is 0. The molecule has 1 aliphatic carbocycles. The Morgan fingerprint density at radius 3 is 0.941 bits per heavy atom. The molecule has 0 nitrogen and oxygen atoms in total. The molecule has 0 amide bonds. The van der Waals surface area contributed by atoms with E-state index in [1.165, 1.54) is 96.3 Å². The first-order valence-corrected chi connectivity index (χ1v) is 9.28. The van der Waals surface area contributed by atoms with E-state index in [0.717, 1.165) is 3.92 Å². The summed E-state index contributed by atoms with van der Waals surface area (Å²) in [6, 6.07) is 0. The monoisotopic (exact) mass is 350 g/mol. The van der Waals surface area contributed by atoms with Gasteiger partial charge >= 0.3 is 0 Å². The van der Waals surface area contributed by atoms with Crippen LogP contribution in [0.1, 0.15) is 96.3 Å². The van der Waals surface area contributed by atoms with Gasteiger partial charge in [-0.05, 0) is 12.8 Å². The van der Waals surface area contributed by atoms with E-state index in [1.54, 1.807) is 0 Å². The molecule has 0 radical (unpaired) electrons. The third-order valence-corrected chi connectivity index (χ3v) is 5.28. The van der Waals surface area contributed by atoms with Crippen molar-refractivity contribution in [2.75, 3.05) is 0 Å². The van der Waals surface area contributed by atoms with Gasteiger partial charge in [0.15, 0.2) is 0 Å². The van der Waals surface area contributed by atoms with E-state index in [4.69, 9.17) is 0 Å². The van der Waals surface area contributed by atoms with Crippen molar-refractivity contribution in [2.24, 2.45) is 0 Å². The fraction of sp³-hybridized carbons (Fsp3) is 1.00. The van der Waals surface area contributed by atoms with E-state index < -0.39 is 0 Å². The highest BCUT2D eigenvalue weighted by atomic mass is 127. The Morgan fingerprint density at radius 2 is 0.647 bits per heavy atom. The molecule has 102 valence electrons. The second-order valence-electron chi connectivity index (χ2n) is 5.77. The summed E-state index contributed by atoms with van der Waals surface area (Å²) >= 11 is 2.68. The van der Waals surface area contributed by atoms with Crippen molar-refractivity contribution in [3.05, 3.63) is 0 Å². The topological polar surface area (TPSA) is 0 Å². The third-order valence-electron chi connectivity index (χ3n) is 4.03. The maximum Gasteiger partial charge on any atom is 0.0110 e. The summed E-state index contributed by atoms with van der Waals surface area (Å²) in [5, 5.41) is 0. The summed E-state index contributed by atoms with van der Waals surface area (Å²) < 4.78 is 0.959. The normalized spacial score (nSPS) is 24.5. The second kappa shape index (κ2) is 11.8. The molecular formula is C16H31I. The molecule has 0 aliphatic heterocycles. The van der Waals surface area contributed by atoms with Gasteiger partial charge in [0.1, 0.15) is 0 Å². The molecule has 0 aromatic rings. The van der Waals surface area contributed by atoms with Crippen LogP contribution in [-0.2, 0) is 0 Å². The molecule has 1 aliphatic rings. The quantitative estimate of drug-likeness (QED) is 0.339. The van der Waals surface area contributed by atoms with Crippen LogP contribution in [0.15, 0.2) is 0 Å². The molecule has 0 unspecified atom stereocenters. The summed E-state index contributed by atoms with van der Waals surface area (Å²) in [5.74, 6) is 0. The van der Waals surface area contributed by atoms with Crippen LogP contribution in [0.4, 0.5) is 0 Å². The Bertz CT molecular complexity index is 140. The lowest BCUT2D eigenvalue weighted by Crippen LogP contribution is -1.98. The molecule has 1 heteroatoms. The number of rotatable bonds is 0. The molecule has 0 spiro atoms.